The van der Waals surface area contributed by atoms with Crippen molar-refractivity contribution >= 4 is 27.4 Å². The number of hydrogen-bond donors (Lipinski definition) is 1. The van der Waals surface area contributed by atoms with Crippen LogP contribution in [0.15, 0.2) is 24.3 Å². The lowest BCUT2D eigenvalue weighted by Gasteiger charge is -2.24. The number of fused-ring (bicyclic) bond motifs is 1. The molecule has 0 fully saturated rings. The number of hydrogen-bond acceptors (Lipinski definition) is 4. The maximum atomic E-state index is 5.59. The fraction of sp³-hybridized carbons (Fsp3) is 0.417. The Balaban J connectivity index is 2.32. The summed E-state index contributed by atoms with van der Waals surface area (Å²) in [5.41, 5.74) is 6.67. The molecule has 0 saturated carbocycles. The van der Waals surface area contributed by atoms with E-state index in [2.05, 4.69) is 41.4 Å². The van der Waals surface area contributed by atoms with E-state index in [9.17, 15) is 0 Å². The predicted molar refractivity (Wildman–Crippen MR) is 71.2 cm³/mol. The van der Waals surface area contributed by atoms with Crippen molar-refractivity contribution in [2.24, 2.45) is 5.73 Å². The van der Waals surface area contributed by atoms with E-state index in [-0.39, 0.29) is 0 Å². The highest BCUT2D eigenvalue weighted by Gasteiger charge is 2.14. The van der Waals surface area contributed by atoms with Crippen LogP contribution in [0.2, 0.25) is 0 Å². The smallest absolute Gasteiger partial charge is 0.119 e. The molecule has 0 saturated heterocycles. The van der Waals surface area contributed by atoms with Crippen LogP contribution in [-0.4, -0.2) is 24.0 Å². The number of rotatable bonds is 4. The number of nitrogens with two attached hydrogens (primary N) is 1. The second-order valence-electron chi connectivity index (χ2n) is 4.04. The first-order chi connectivity index (χ1) is 7.74. The first-order valence-electron chi connectivity index (χ1n) is 5.51. The summed E-state index contributed by atoms with van der Waals surface area (Å²) in [6.45, 7) is 2.92. The van der Waals surface area contributed by atoms with Crippen molar-refractivity contribution in [3.63, 3.8) is 0 Å². The molecule has 1 heterocycles. The lowest BCUT2D eigenvalue weighted by atomic mass is 10.2. The van der Waals surface area contributed by atoms with Crippen LogP contribution in [0.4, 0.5) is 5.00 Å². The fourth-order valence-corrected chi connectivity index (χ4v) is 2.69. The van der Waals surface area contributed by atoms with Gasteiger partial charge in [-0.1, -0.05) is 12.1 Å². The van der Waals surface area contributed by atoms with E-state index < -0.39 is 0 Å². The first kappa shape index (κ1) is 11.4. The summed E-state index contributed by atoms with van der Waals surface area (Å²) in [6, 6.07) is 8.71. The molecule has 0 spiro atoms. The number of nitrogens with zero attached hydrogens (tertiary/aromatic N) is 2. The van der Waals surface area contributed by atoms with E-state index in [0.717, 1.165) is 18.5 Å². The Morgan fingerprint density at radius 2 is 2.19 bits per heavy atom. The van der Waals surface area contributed by atoms with Crippen LogP contribution >= 0.6 is 11.5 Å². The zero-order valence-corrected chi connectivity index (χ0v) is 10.5. The van der Waals surface area contributed by atoms with Crippen LogP contribution in [0.25, 0.3) is 10.9 Å². The van der Waals surface area contributed by atoms with Gasteiger partial charge in [0.25, 0.3) is 0 Å². The van der Waals surface area contributed by atoms with Gasteiger partial charge in [0.1, 0.15) is 5.00 Å². The van der Waals surface area contributed by atoms with E-state index in [1.54, 1.807) is 11.5 Å². The average molecular weight is 235 g/mol. The van der Waals surface area contributed by atoms with E-state index in [1.807, 2.05) is 6.07 Å². The Hall–Kier alpha value is -1.13. The molecule has 2 aromatic rings. The molecule has 0 amide bonds. The molecule has 0 radical (unpaired) electrons. The van der Waals surface area contributed by atoms with Crippen LogP contribution in [0, 0.1) is 0 Å². The molecule has 0 aliphatic heterocycles. The zero-order valence-electron chi connectivity index (χ0n) is 9.68. The largest absolute Gasteiger partial charge is 0.362 e. The lowest BCUT2D eigenvalue weighted by molar-refractivity contribution is 0.639. The van der Waals surface area contributed by atoms with Gasteiger partial charge in [0.2, 0.25) is 0 Å². The summed E-state index contributed by atoms with van der Waals surface area (Å²) in [5.74, 6) is 0. The third-order valence-corrected chi connectivity index (χ3v) is 3.90. The van der Waals surface area contributed by atoms with Crippen LogP contribution in [-0.2, 0) is 0 Å². The van der Waals surface area contributed by atoms with Crippen LogP contribution in [0.1, 0.15) is 13.3 Å². The normalized spacial score (nSPS) is 12.9. The van der Waals surface area contributed by atoms with Gasteiger partial charge in [0, 0.05) is 18.5 Å². The maximum Gasteiger partial charge on any atom is 0.119 e. The molecular formula is C12H17N3S. The van der Waals surface area contributed by atoms with Crippen LogP contribution in [0.3, 0.4) is 0 Å². The number of anilines is 1. The Morgan fingerprint density at radius 3 is 2.94 bits per heavy atom. The summed E-state index contributed by atoms with van der Waals surface area (Å²) in [7, 11) is 2.11. The maximum absolute atomic E-state index is 5.59. The second-order valence-corrected chi connectivity index (χ2v) is 4.79. The van der Waals surface area contributed by atoms with Gasteiger partial charge in [-0.05, 0) is 43.6 Å². The third-order valence-electron chi connectivity index (χ3n) is 2.93. The molecule has 3 nitrogen and oxygen atoms in total. The minimum atomic E-state index is 0.453. The Bertz CT molecular complexity index is 466. The second kappa shape index (κ2) is 4.80. The molecule has 86 valence electrons. The van der Waals surface area contributed by atoms with Gasteiger partial charge >= 0.3 is 0 Å². The quantitative estimate of drug-likeness (QED) is 0.885. The lowest BCUT2D eigenvalue weighted by Crippen LogP contribution is -2.30. The molecule has 0 aliphatic carbocycles. The SMILES string of the molecule is CC(CCN)N(C)c1snc2ccccc12. The van der Waals surface area contributed by atoms with Crippen molar-refractivity contribution in [1.29, 1.82) is 0 Å². The van der Waals surface area contributed by atoms with E-state index in [4.69, 9.17) is 5.73 Å². The zero-order chi connectivity index (χ0) is 11.5. The molecule has 1 aromatic carbocycles. The summed E-state index contributed by atoms with van der Waals surface area (Å²) < 4.78 is 4.45. The predicted octanol–water partition coefficient (Wildman–Crippen LogP) is 2.47. The Kier molecular flexibility index (Phi) is 3.41. The van der Waals surface area contributed by atoms with Gasteiger partial charge in [0.05, 0.1) is 5.52 Å². The first-order valence-corrected chi connectivity index (χ1v) is 6.28. The molecule has 1 atom stereocenters. The molecule has 1 unspecified atom stereocenters. The van der Waals surface area contributed by atoms with E-state index in [1.165, 1.54) is 10.4 Å². The van der Waals surface area contributed by atoms with Crippen LogP contribution < -0.4 is 10.6 Å². The van der Waals surface area contributed by atoms with Gasteiger partial charge in [-0.15, -0.1) is 0 Å². The van der Waals surface area contributed by atoms with Gasteiger partial charge in [-0.3, -0.25) is 0 Å². The van der Waals surface area contributed by atoms with Gasteiger partial charge < -0.3 is 10.6 Å². The van der Waals surface area contributed by atoms with Crippen LogP contribution in [0.5, 0.6) is 0 Å². The molecule has 0 aliphatic rings. The molecule has 2 rings (SSSR count). The average Bonchev–Trinajstić information content (AvgIpc) is 2.72. The summed E-state index contributed by atoms with van der Waals surface area (Å²) in [6.07, 6.45) is 1.00. The summed E-state index contributed by atoms with van der Waals surface area (Å²) in [4.78, 5) is 2.27. The third kappa shape index (κ3) is 2.03. The van der Waals surface area contributed by atoms with Gasteiger partial charge in [-0.2, -0.15) is 4.37 Å². The Morgan fingerprint density at radius 1 is 1.44 bits per heavy atom. The Labute approximate surface area is 100 Å². The van der Waals surface area contributed by atoms with Gasteiger partial charge in [0.15, 0.2) is 0 Å². The van der Waals surface area contributed by atoms with Crippen molar-refractivity contribution in [3.05, 3.63) is 24.3 Å². The minimum absolute atomic E-state index is 0.453. The molecule has 4 heteroatoms. The van der Waals surface area contributed by atoms with Crippen molar-refractivity contribution < 1.29 is 0 Å². The van der Waals surface area contributed by atoms with E-state index >= 15 is 0 Å². The molecule has 0 bridgehead atoms. The standard InChI is InChI=1S/C12H17N3S/c1-9(7-8-13)15(2)12-10-5-3-4-6-11(10)14-16-12/h3-6,9H,7-8,13H2,1-2H3. The number of benzene rings is 1. The van der Waals surface area contributed by atoms with E-state index in [0.29, 0.717) is 6.04 Å². The topological polar surface area (TPSA) is 42.1 Å². The van der Waals surface area contributed by atoms with Crippen molar-refractivity contribution in [2.75, 3.05) is 18.5 Å². The molecule has 2 N–H and O–H groups in total. The van der Waals surface area contributed by atoms with Crippen molar-refractivity contribution in [1.82, 2.24) is 4.37 Å². The highest BCUT2D eigenvalue weighted by Crippen LogP contribution is 2.31. The molecule has 1 aromatic heterocycles. The summed E-state index contributed by atoms with van der Waals surface area (Å²) >= 11 is 1.56. The number of aromatic nitrogens is 1. The fourth-order valence-electron chi connectivity index (χ4n) is 1.77. The molecular weight excluding hydrogens is 218 g/mol. The highest BCUT2D eigenvalue weighted by molar-refractivity contribution is 7.11. The minimum Gasteiger partial charge on any atom is -0.362 e. The van der Waals surface area contributed by atoms with Gasteiger partial charge in [-0.25, -0.2) is 0 Å². The van der Waals surface area contributed by atoms with Crippen molar-refractivity contribution in [3.8, 4) is 0 Å². The molecule has 16 heavy (non-hydrogen) atoms. The summed E-state index contributed by atoms with van der Waals surface area (Å²) in [5, 5.41) is 2.47. The van der Waals surface area contributed by atoms with Crippen molar-refractivity contribution in [2.45, 2.75) is 19.4 Å². The highest BCUT2D eigenvalue weighted by atomic mass is 32.1. The monoisotopic (exact) mass is 235 g/mol.